The van der Waals surface area contributed by atoms with Gasteiger partial charge in [-0.2, -0.15) is 0 Å². The van der Waals surface area contributed by atoms with Crippen molar-refractivity contribution in [3.63, 3.8) is 0 Å². The molecule has 3 aromatic rings. The highest BCUT2D eigenvalue weighted by Crippen LogP contribution is 2.29. The Morgan fingerprint density at radius 2 is 1.76 bits per heavy atom. The molecule has 0 saturated heterocycles. The number of fused-ring (bicyclic) bond motifs is 1. The molecule has 106 valence electrons. The average molecular weight is 280 g/mol. The Hall–Kier alpha value is -2.75. The largest absolute Gasteiger partial charge is 0.460 e. The smallest absolute Gasteiger partial charge is 0.197 e. The Labute approximate surface area is 122 Å². The fourth-order valence-corrected chi connectivity index (χ4v) is 2.55. The second kappa shape index (κ2) is 4.98. The maximum absolute atomic E-state index is 12.8. The predicted molar refractivity (Wildman–Crippen MR) is 84.3 cm³/mol. The lowest BCUT2D eigenvalue weighted by Gasteiger charge is -2.04. The molecule has 0 amide bonds. The van der Waals surface area contributed by atoms with E-state index < -0.39 is 0 Å². The van der Waals surface area contributed by atoms with Crippen LogP contribution in [-0.4, -0.2) is 5.78 Å². The molecule has 1 heterocycles. The molecule has 0 aliphatic carbocycles. The van der Waals surface area contributed by atoms with E-state index in [2.05, 4.69) is 0 Å². The van der Waals surface area contributed by atoms with E-state index in [0.717, 1.165) is 11.0 Å². The van der Waals surface area contributed by atoms with E-state index >= 15 is 0 Å². The molecule has 4 nitrogen and oxygen atoms in total. The number of nitrogen functional groups attached to an aromatic ring is 2. The lowest BCUT2D eigenvalue weighted by atomic mass is 9.98. The van der Waals surface area contributed by atoms with Crippen LogP contribution in [0.4, 0.5) is 11.4 Å². The Morgan fingerprint density at radius 3 is 2.43 bits per heavy atom. The third-order valence-electron chi connectivity index (χ3n) is 3.46. The van der Waals surface area contributed by atoms with Crippen molar-refractivity contribution < 1.29 is 9.21 Å². The number of nitrogens with two attached hydrogens (primary N) is 2. The van der Waals surface area contributed by atoms with E-state index in [4.69, 9.17) is 15.9 Å². The highest BCUT2D eigenvalue weighted by atomic mass is 16.3. The van der Waals surface area contributed by atoms with E-state index in [0.29, 0.717) is 34.7 Å². The lowest BCUT2D eigenvalue weighted by Crippen LogP contribution is -2.05. The van der Waals surface area contributed by atoms with Crippen molar-refractivity contribution in [1.29, 1.82) is 0 Å². The highest BCUT2D eigenvalue weighted by Gasteiger charge is 2.21. The van der Waals surface area contributed by atoms with Crippen molar-refractivity contribution >= 4 is 28.1 Å². The summed E-state index contributed by atoms with van der Waals surface area (Å²) in [6.45, 7) is 1.96. The van der Waals surface area contributed by atoms with Gasteiger partial charge in [-0.1, -0.05) is 25.1 Å². The highest BCUT2D eigenvalue weighted by molar-refractivity contribution is 6.17. The third-order valence-corrected chi connectivity index (χ3v) is 3.46. The number of benzene rings is 2. The van der Waals surface area contributed by atoms with Crippen LogP contribution in [0.5, 0.6) is 0 Å². The number of ketones is 1. The molecule has 0 radical (unpaired) electrons. The zero-order valence-corrected chi connectivity index (χ0v) is 11.7. The van der Waals surface area contributed by atoms with Crippen LogP contribution in [-0.2, 0) is 6.42 Å². The number of hydrogen-bond donors (Lipinski definition) is 2. The van der Waals surface area contributed by atoms with Crippen LogP contribution in [0, 0.1) is 0 Å². The fraction of sp³-hybridized carbons (Fsp3) is 0.118. The summed E-state index contributed by atoms with van der Waals surface area (Å²) in [5.41, 5.74) is 14.3. The topological polar surface area (TPSA) is 82.2 Å². The van der Waals surface area contributed by atoms with Gasteiger partial charge in [0.15, 0.2) is 5.78 Å². The van der Waals surface area contributed by atoms with E-state index in [1.54, 1.807) is 18.2 Å². The van der Waals surface area contributed by atoms with Gasteiger partial charge >= 0.3 is 0 Å². The Balaban J connectivity index is 2.21. The summed E-state index contributed by atoms with van der Waals surface area (Å²) in [5, 5.41) is 0.820. The lowest BCUT2D eigenvalue weighted by molar-refractivity contribution is 0.103. The standard InChI is InChI=1S/C17H16N2O2/c1-2-14-16(13-5-3-4-6-15(13)21-14)17(20)10-7-11(18)9-12(19)8-10/h3-9H,2,18-19H2,1H3. The van der Waals surface area contributed by atoms with Crippen molar-refractivity contribution in [2.45, 2.75) is 13.3 Å². The van der Waals surface area contributed by atoms with E-state index in [1.807, 2.05) is 31.2 Å². The molecule has 0 unspecified atom stereocenters. The second-order valence-corrected chi connectivity index (χ2v) is 4.97. The van der Waals surface area contributed by atoms with E-state index in [-0.39, 0.29) is 5.78 Å². The van der Waals surface area contributed by atoms with Crippen LogP contribution in [0.25, 0.3) is 11.0 Å². The molecular weight excluding hydrogens is 264 g/mol. The molecule has 0 aliphatic rings. The molecule has 21 heavy (non-hydrogen) atoms. The van der Waals surface area contributed by atoms with Gasteiger partial charge in [-0.25, -0.2) is 0 Å². The Bertz CT molecular complexity index is 814. The fourth-order valence-electron chi connectivity index (χ4n) is 2.55. The summed E-state index contributed by atoms with van der Waals surface area (Å²) >= 11 is 0. The van der Waals surface area contributed by atoms with Gasteiger partial charge in [0.2, 0.25) is 0 Å². The maximum Gasteiger partial charge on any atom is 0.197 e. The van der Waals surface area contributed by atoms with E-state index in [1.165, 1.54) is 0 Å². The van der Waals surface area contributed by atoms with Gasteiger partial charge in [0.1, 0.15) is 11.3 Å². The number of aryl methyl sites for hydroxylation is 1. The SMILES string of the molecule is CCc1oc2ccccc2c1C(=O)c1cc(N)cc(N)c1. The molecule has 0 bridgehead atoms. The summed E-state index contributed by atoms with van der Waals surface area (Å²) in [6, 6.07) is 12.4. The summed E-state index contributed by atoms with van der Waals surface area (Å²) in [6.07, 6.45) is 0.646. The monoisotopic (exact) mass is 280 g/mol. The Kier molecular flexibility index (Phi) is 3.14. The molecule has 2 aromatic carbocycles. The molecule has 0 aliphatic heterocycles. The molecule has 1 aromatic heterocycles. The first-order valence-corrected chi connectivity index (χ1v) is 6.81. The first-order chi connectivity index (χ1) is 10.1. The van der Waals surface area contributed by atoms with Crippen molar-refractivity contribution in [3.8, 4) is 0 Å². The van der Waals surface area contributed by atoms with Gasteiger partial charge in [0, 0.05) is 28.7 Å². The molecule has 4 heteroatoms. The third kappa shape index (κ3) is 2.25. The first kappa shape index (κ1) is 13.2. The molecule has 0 spiro atoms. The van der Waals surface area contributed by atoms with Crippen LogP contribution in [0.2, 0.25) is 0 Å². The average Bonchev–Trinajstić information content (AvgIpc) is 2.83. The van der Waals surface area contributed by atoms with Crippen molar-refractivity contribution in [2.75, 3.05) is 11.5 Å². The van der Waals surface area contributed by atoms with E-state index in [9.17, 15) is 4.79 Å². The molecule has 0 fully saturated rings. The maximum atomic E-state index is 12.8. The predicted octanol–water partition coefficient (Wildman–Crippen LogP) is 3.39. The Morgan fingerprint density at radius 1 is 1.10 bits per heavy atom. The minimum atomic E-state index is -0.115. The van der Waals surface area contributed by atoms with Gasteiger partial charge < -0.3 is 15.9 Å². The zero-order chi connectivity index (χ0) is 15.0. The van der Waals surface area contributed by atoms with Crippen molar-refractivity contribution in [1.82, 2.24) is 0 Å². The number of hydrogen-bond acceptors (Lipinski definition) is 4. The van der Waals surface area contributed by atoms with Crippen molar-refractivity contribution in [2.24, 2.45) is 0 Å². The van der Waals surface area contributed by atoms with Crippen LogP contribution in [0.3, 0.4) is 0 Å². The normalized spacial score (nSPS) is 10.9. The number of furan rings is 1. The number of carbonyl (C=O) groups is 1. The minimum absolute atomic E-state index is 0.115. The quantitative estimate of drug-likeness (QED) is 0.569. The summed E-state index contributed by atoms with van der Waals surface area (Å²) in [5.74, 6) is 0.568. The van der Waals surface area contributed by atoms with Crippen LogP contribution < -0.4 is 11.5 Å². The molecule has 4 N–H and O–H groups in total. The van der Waals surface area contributed by atoms with Crippen molar-refractivity contribution in [3.05, 3.63) is 59.4 Å². The first-order valence-electron chi connectivity index (χ1n) is 6.81. The van der Waals surface area contributed by atoms with Gasteiger partial charge in [0.25, 0.3) is 0 Å². The number of para-hydroxylation sites is 1. The second-order valence-electron chi connectivity index (χ2n) is 4.97. The minimum Gasteiger partial charge on any atom is -0.460 e. The summed E-state index contributed by atoms with van der Waals surface area (Å²) in [4.78, 5) is 12.8. The van der Waals surface area contributed by atoms with Crippen LogP contribution in [0.15, 0.2) is 46.9 Å². The molecule has 0 saturated carbocycles. The summed E-state index contributed by atoms with van der Waals surface area (Å²) < 4.78 is 5.77. The van der Waals surface area contributed by atoms with Gasteiger partial charge in [0.05, 0.1) is 5.56 Å². The van der Waals surface area contributed by atoms with Gasteiger partial charge in [-0.05, 0) is 24.3 Å². The van der Waals surface area contributed by atoms with Gasteiger partial charge in [-0.15, -0.1) is 0 Å². The molecule has 0 atom stereocenters. The molecular formula is C17H16N2O2. The molecule has 3 rings (SSSR count). The number of rotatable bonds is 3. The van der Waals surface area contributed by atoms with Gasteiger partial charge in [-0.3, -0.25) is 4.79 Å². The summed E-state index contributed by atoms with van der Waals surface area (Å²) in [7, 11) is 0. The van der Waals surface area contributed by atoms with Crippen LogP contribution in [0.1, 0.15) is 28.6 Å². The number of carbonyl (C=O) groups excluding carboxylic acids is 1. The van der Waals surface area contributed by atoms with Crippen LogP contribution >= 0.6 is 0 Å². The zero-order valence-electron chi connectivity index (χ0n) is 11.7. The number of anilines is 2.